The standard InChI is InChI=1S/C18H15ClN6OS/c1-3-14-23-25-16(20)13(17(26)21-18(25)27-14)9-12-10(2)22-24(15(12)19)11-7-5-4-6-8-11/h4-9,20H,3H2,1-2H3/b13-9-,20-16?. The quantitative estimate of drug-likeness (QED) is 0.795. The molecule has 1 aromatic heterocycles. The van der Waals surface area contributed by atoms with E-state index in [1.165, 1.54) is 16.8 Å². The largest absolute Gasteiger partial charge is 0.283 e. The predicted octanol–water partition coefficient (Wildman–Crippen LogP) is 3.86. The molecule has 0 aliphatic carbocycles. The van der Waals surface area contributed by atoms with Gasteiger partial charge in [0.25, 0.3) is 5.91 Å². The Labute approximate surface area is 164 Å². The first-order valence-corrected chi connectivity index (χ1v) is 9.48. The summed E-state index contributed by atoms with van der Waals surface area (Å²) in [6, 6.07) is 9.48. The zero-order valence-electron chi connectivity index (χ0n) is 14.6. The lowest BCUT2D eigenvalue weighted by Crippen LogP contribution is -2.35. The normalized spacial score (nSPS) is 18.0. The second kappa shape index (κ2) is 6.79. The first-order chi connectivity index (χ1) is 13.0. The van der Waals surface area contributed by atoms with Gasteiger partial charge in [-0.3, -0.25) is 10.2 Å². The third-order valence-corrected chi connectivity index (χ3v) is 5.55. The maximum atomic E-state index is 12.5. The van der Waals surface area contributed by atoms with Gasteiger partial charge in [0.05, 0.1) is 17.0 Å². The Morgan fingerprint density at radius 3 is 2.74 bits per heavy atom. The van der Waals surface area contributed by atoms with Crippen LogP contribution in [-0.4, -0.2) is 36.7 Å². The lowest BCUT2D eigenvalue weighted by molar-refractivity contribution is -0.114. The number of para-hydroxylation sites is 1. The second-order valence-electron chi connectivity index (χ2n) is 5.90. The monoisotopic (exact) mass is 398 g/mol. The van der Waals surface area contributed by atoms with Gasteiger partial charge in [0, 0.05) is 5.56 Å². The van der Waals surface area contributed by atoms with Crippen LogP contribution >= 0.6 is 23.4 Å². The molecule has 1 N–H and O–H groups in total. The molecule has 9 heteroatoms. The number of halogens is 1. The maximum absolute atomic E-state index is 12.5. The Morgan fingerprint density at radius 2 is 2.04 bits per heavy atom. The molecule has 0 atom stereocenters. The van der Waals surface area contributed by atoms with E-state index < -0.39 is 5.91 Å². The van der Waals surface area contributed by atoms with Crippen LogP contribution in [0.15, 0.2) is 46.0 Å². The van der Waals surface area contributed by atoms with Gasteiger partial charge in [-0.2, -0.15) is 20.2 Å². The van der Waals surface area contributed by atoms with Crippen LogP contribution < -0.4 is 0 Å². The summed E-state index contributed by atoms with van der Waals surface area (Å²) in [6.07, 6.45) is 2.29. The van der Waals surface area contributed by atoms with Crippen molar-refractivity contribution in [2.45, 2.75) is 20.3 Å². The van der Waals surface area contributed by atoms with Gasteiger partial charge < -0.3 is 0 Å². The zero-order chi connectivity index (χ0) is 19.1. The minimum absolute atomic E-state index is 0.0103. The summed E-state index contributed by atoms with van der Waals surface area (Å²) in [5, 5.41) is 20.2. The molecule has 0 unspecified atom stereocenters. The van der Waals surface area contributed by atoms with Gasteiger partial charge in [0.2, 0.25) is 5.17 Å². The highest BCUT2D eigenvalue weighted by molar-refractivity contribution is 8.26. The fraction of sp³-hybridized carbons (Fsp3) is 0.167. The molecule has 136 valence electrons. The molecule has 0 spiro atoms. The third-order valence-electron chi connectivity index (χ3n) is 4.14. The minimum atomic E-state index is -0.478. The van der Waals surface area contributed by atoms with E-state index in [1.807, 2.05) is 44.2 Å². The Bertz CT molecular complexity index is 1050. The molecule has 7 nitrogen and oxygen atoms in total. The van der Waals surface area contributed by atoms with Gasteiger partial charge in [-0.15, -0.1) is 0 Å². The molecular weight excluding hydrogens is 384 g/mol. The number of benzene rings is 1. The molecule has 0 fully saturated rings. The van der Waals surface area contributed by atoms with Crippen molar-refractivity contribution in [1.29, 1.82) is 5.41 Å². The van der Waals surface area contributed by atoms with Crippen LogP contribution in [0.2, 0.25) is 5.15 Å². The van der Waals surface area contributed by atoms with E-state index in [1.54, 1.807) is 10.8 Å². The number of carbonyl (C=O) groups is 1. The summed E-state index contributed by atoms with van der Waals surface area (Å²) in [5.74, 6) is -0.488. The number of thioether (sulfide) groups is 1. The topological polar surface area (TPSA) is 86.7 Å². The Morgan fingerprint density at radius 1 is 1.30 bits per heavy atom. The van der Waals surface area contributed by atoms with Gasteiger partial charge in [-0.1, -0.05) is 36.7 Å². The van der Waals surface area contributed by atoms with Crippen LogP contribution in [0.4, 0.5) is 0 Å². The summed E-state index contributed by atoms with van der Waals surface area (Å²) in [7, 11) is 0. The lowest BCUT2D eigenvalue weighted by atomic mass is 10.1. The first kappa shape index (κ1) is 17.7. The van der Waals surface area contributed by atoms with Crippen LogP contribution in [0, 0.1) is 12.3 Å². The average Bonchev–Trinajstić information content (AvgIpc) is 3.21. The fourth-order valence-corrected chi connectivity index (χ4v) is 3.89. The molecule has 2 aromatic rings. The van der Waals surface area contributed by atoms with Crippen molar-refractivity contribution in [3.63, 3.8) is 0 Å². The van der Waals surface area contributed by atoms with E-state index >= 15 is 0 Å². The van der Waals surface area contributed by atoms with Crippen molar-refractivity contribution < 1.29 is 4.79 Å². The number of nitrogens with zero attached hydrogens (tertiary/aromatic N) is 5. The van der Waals surface area contributed by atoms with Gasteiger partial charge in [-0.05, 0) is 43.3 Å². The van der Waals surface area contributed by atoms with Crippen LogP contribution in [0.1, 0.15) is 24.6 Å². The smallest absolute Gasteiger partial charge is 0.282 e. The molecule has 0 saturated carbocycles. The number of carbonyl (C=O) groups excluding carboxylic acids is 1. The first-order valence-electron chi connectivity index (χ1n) is 8.29. The van der Waals surface area contributed by atoms with E-state index in [2.05, 4.69) is 15.2 Å². The van der Waals surface area contributed by atoms with Gasteiger partial charge in [-0.25, -0.2) is 4.68 Å². The van der Waals surface area contributed by atoms with Crippen molar-refractivity contribution in [2.75, 3.05) is 0 Å². The number of aliphatic imine (C=N–C) groups is 1. The van der Waals surface area contributed by atoms with E-state index in [9.17, 15) is 4.79 Å². The van der Waals surface area contributed by atoms with E-state index in [4.69, 9.17) is 17.0 Å². The second-order valence-corrected chi connectivity index (χ2v) is 7.30. The van der Waals surface area contributed by atoms with Crippen LogP contribution in [0.25, 0.3) is 11.8 Å². The van der Waals surface area contributed by atoms with E-state index in [0.29, 0.717) is 21.6 Å². The number of rotatable bonds is 3. The number of amides is 1. The van der Waals surface area contributed by atoms with Gasteiger partial charge in [0.1, 0.15) is 10.2 Å². The minimum Gasteiger partial charge on any atom is -0.282 e. The Balaban J connectivity index is 1.77. The molecule has 0 saturated heterocycles. The molecule has 4 rings (SSSR count). The predicted molar refractivity (Wildman–Crippen MR) is 109 cm³/mol. The van der Waals surface area contributed by atoms with Crippen molar-refractivity contribution >= 4 is 51.4 Å². The number of fused-ring (bicyclic) bond motifs is 1. The van der Waals surface area contributed by atoms with Crippen LogP contribution in [0.5, 0.6) is 0 Å². The highest BCUT2D eigenvalue weighted by atomic mass is 35.5. The highest BCUT2D eigenvalue weighted by Gasteiger charge is 2.35. The number of nitrogens with one attached hydrogen (secondary N) is 1. The molecule has 0 radical (unpaired) electrons. The highest BCUT2D eigenvalue weighted by Crippen LogP contribution is 2.31. The number of amidine groups is 2. The van der Waals surface area contributed by atoms with Gasteiger partial charge in [0.15, 0.2) is 5.84 Å². The average molecular weight is 399 g/mol. The number of aromatic nitrogens is 2. The lowest BCUT2D eigenvalue weighted by Gasteiger charge is -2.20. The molecule has 0 bridgehead atoms. The van der Waals surface area contributed by atoms with Crippen molar-refractivity contribution in [2.24, 2.45) is 10.1 Å². The Kier molecular flexibility index (Phi) is 4.45. The molecule has 3 heterocycles. The SMILES string of the molecule is CCC1=NN2C(=N)/C(=C/c3c(C)nn(-c4ccccc4)c3Cl)C(=O)N=C2S1. The summed E-state index contributed by atoms with van der Waals surface area (Å²) in [6.45, 7) is 3.77. The van der Waals surface area contributed by atoms with Crippen molar-refractivity contribution in [1.82, 2.24) is 14.8 Å². The number of aryl methyl sites for hydroxylation is 1. The van der Waals surface area contributed by atoms with Crippen molar-refractivity contribution in [3.8, 4) is 5.69 Å². The molecule has 27 heavy (non-hydrogen) atoms. The summed E-state index contributed by atoms with van der Waals surface area (Å²) in [4.78, 5) is 16.6. The molecular formula is C18H15ClN6OS. The number of hydrogen-bond donors (Lipinski definition) is 1. The Hall–Kier alpha value is -2.71. The van der Waals surface area contributed by atoms with E-state index in [-0.39, 0.29) is 11.4 Å². The van der Waals surface area contributed by atoms with Gasteiger partial charge >= 0.3 is 0 Å². The third kappa shape index (κ3) is 3.00. The summed E-state index contributed by atoms with van der Waals surface area (Å²) >= 11 is 7.84. The molecule has 1 aromatic carbocycles. The number of hydrogen-bond acceptors (Lipinski definition) is 5. The summed E-state index contributed by atoms with van der Waals surface area (Å²) < 4.78 is 1.61. The van der Waals surface area contributed by atoms with Crippen LogP contribution in [0.3, 0.4) is 0 Å². The zero-order valence-corrected chi connectivity index (χ0v) is 16.2. The van der Waals surface area contributed by atoms with Crippen LogP contribution in [-0.2, 0) is 4.79 Å². The number of hydrazone groups is 1. The molecule has 1 amide bonds. The van der Waals surface area contributed by atoms with Crippen molar-refractivity contribution in [3.05, 3.63) is 52.3 Å². The summed E-state index contributed by atoms with van der Waals surface area (Å²) in [5.41, 5.74) is 2.19. The maximum Gasteiger partial charge on any atom is 0.283 e. The molecule has 2 aliphatic rings. The molecule has 2 aliphatic heterocycles. The van der Waals surface area contributed by atoms with E-state index in [0.717, 1.165) is 17.2 Å². The fourth-order valence-electron chi connectivity index (χ4n) is 2.73.